The summed E-state index contributed by atoms with van der Waals surface area (Å²) in [5.41, 5.74) is 0.791. The summed E-state index contributed by atoms with van der Waals surface area (Å²) in [5, 5.41) is 11.9. The van der Waals surface area contributed by atoms with Gasteiger partial charge in [0.25, 0.3) is 0 Å². The molecule has 0 aromatic heterocycles. The summed E-state index contributed by atoms with van der Waals surface area (Å²) in [6, 6.07) is 23.0. The predicted molar refractivity (Wildman–Crippen MR) is 115 cm³/mol. The highest BCUT2D eigenvalue weighted by Crippen LogP contribution is 2.35. The van der Waals surface area contributed by atoms with Crippen LogP contribution < -0.4 is 4.90 Å². The molecule has 148 valence electrons. The van der Waals surface area contributed by atoms with E-state index in [2.05, 4.69) is 4.99 Å². The standard InChI is InChI=1S/C22H19ClN2O3S/c1-29(27,28)20-13-11-19(12-14-20)25-15-22(26,17-5-3-2-4-6-17)24-21(25)16-7-9-18(23)10-8-16/h2-14,26H,15H2,1H3. The normalized spacial score (nSPS) is 19.3. The fraction of sp³-hybridized carbons (Fsp3) is 0.136. The molecule has 1 unspecified atom stereocenters. The van der Waals surface area contributed by atoms with E-state index in [0.717, 1.165) is 11.3 Å². The van der Waals surface area contributed by atoms with Gasteiger partial charge in [-0.15, -0.1) is 0 Å². The van der Waals surface area contributed by atoms with Gasteiger partial charge < -0.3 is 10.0 Å². The summed E-state index contributed by atoms with van der Waals surface area (Å²) in [6.45, 7) is 0.202. The maximum Gasteiger partial charge on any atom is 0.202 e. The number of halogens is 1. The van der Waals surface area contributed by atoms with Gasteiger partial charge in [-0.05, 0) is 48.5 Å². The first-order valence-corrected chi connectivity index (χ1v) is 11.2. The Morgan fingerprint density at radius 1 is 0.966 bits per heavy atom. The van der Waals surface area contributed by atoms with Crippen LogP contribution in [0.1, 0.15) is 11.1 Å². The Kier molecular flexibility index (Phi) is 4.94. The third kappa shape index (κ3) is 3.92. The van der Waals surface area contributed by atoms with Crippen molar-refractivity contribution in [2.45, 2.75) is 10.6 Å². The van der Waals surface area contributed by atoms with Gasteiger partial charge in [-0.2, -0.15) is 0 Å². The van der Waals surface area contributed by atoms with Crippen molar-refractivity contribution < 1.29 is 13.5 Å². The smallest absolute Gasteiger partial charge is 0.202 e. The van der Waals surface area contributed by atoms with E-state index in [-0.39, 0.29) is 11.4 Å². The number of aliphatic imine (C=N–C) groups is 1. The Hall–Kier alpha value is -2.67. The first kappa shape index (κ1) is 19.6. The molecular weight excluding hydrogens is 408 g/mol. The Balaban J connectivity index is 1.79. The lowest BCUT2D eigenvalue weighted by Crippen LogP contribution is -2.34. The van der Waals surface area contributed by atoms with Crippen LogP contribution in [0.4, 0.5) is 5.69 Å². The zero-order chi connectivity index (χ0) is 20.6. The minimum absolute atomic E-state index is 0.202. The number of benzene rings is 3. The van der Waals surface area contributed by atoms with Crippen LogP contribution >= 0.6 is 11.6 Å². The number of anilines is 1. The monoisotopic (exact) mass is 426 g/mol. The topological polar surface area (TPSA) is 70.0 Å². The molecule has 0 amide bonds. The zero-order valence-corrected chi connectivity index (χ0v) is 17.2. The predicted octanol–water partition coefficient (Wildman–Crippen LogP) is 3.86. The lowest BCUT2D eigenvalue weighted by Gasteiger charge is -2.24. The molecule has 5 nitrogen and oxygen atoms in total. The van der Waals surface area contributed by atoms with Crippen molar-refractivity contribution in [2.75, 3.05) is 17.7 Å². The second-order valence-electron chi connectivity index (χ2n) is 6.98. The molecular formula is C22H19ClN2O3S. The van der Waals surface area contributed by atoms with Gasteiger partial charge in [-0.1, -0.05) is 41.9 Å². The SMILES string of the molecule is CS(=O)(=O)c1ccc(N2CC(O)(c3ccccc3)N=C2c2ccc(Cl)cc2)cc1. The second kappa shape index (κ2) is 7.30. The molecule has 3 aromatic rings. The van der Waals surface area contributed by atoms with Gasteiger partial charge in [0.1, 0.15) is 5.84 Å². The molecule has 0 fully saturated rings. The van der Waals surface area contributed by atoms with Crippen LogP contribution in [0, 0.1) is 0 Å². The quantitative estimate of drug-likeness (QED) is 0.687. The van der Waals surface area contributed by atoms with E-state index in [1.807, 2.05) is 47.4 Å². The van der Waals surface area contributed by atoms with Crippen LogP contribution in [0.25, 0.3) is 0 Å². The van der Waals surface area contributed by atoms with Crippen molar-refractivity contribution in [3.05, 3.63) is 95.0 Å². The van der Waals surface area contributed by atoms with Crippen LogP contribution in [-0.2, 0) is 15.6 Å². The average Bonchev–Trinajstić information content (AvgIpc) is 3.08. The van der Waals surface area contributed by atoms with E-state index >= 15 is 0 Å². The van der Waals surface area contributed by atoms with Gasteiger partial charge in [0.15, 0.2) is 9.84 Å². The number of aliphatic hydroxyl groups is 1. The van der Waals surface area contributed by atoms with Crippen LogP contribution in [-0.4, -0.2) is 32.2 Å². The Labute approximate surface area is 174 Å². The zero-order valence-electron chi connectivity index (χ0n) is 15.7. The fourth-order valence-electron chi connectivity index (χ4n) is 3.33. The molecule has 1 N–H and O–H groups in total. The maximum absolute atomic E-state index is 11.8. The lowest BCUT2D eigenvalue weighted by molar-refractivity contribution is 0.0648. The van der Waals surface area contributed by atoms with Gasteiger partial charge in [0.2, 0.25) is 5.72 Å². The van der Waals surface area contributed by atoms with Gasteiger partial charge in [-0.3, -0.25) is 0 Å². The van der Waals surface area contributed by atoms with E-state index in [1.54, 1.807) is 36.4 Å². The molecule has 0 bridgehead atoms. The summed E-state index contributed by atoms with van der Waals surface area (Å²) in [7, 11) is -3.29. The first-order valence-electron chi connectivity index (χ1n) is 8.98. The summed E-state index contributed by atoms with van der Waals surface area (Å²) >= 11 is 6.02. The van der Waals surface area contributed by atoms with Crippen molar-refractivity contribution in [1.29, 1.82) is 0 Å². The highest BCUT2D eigenvalue weighted by atomic mass is 35.5. The Morgan fingerprint density at radius 2 is 1.59 bits per heavy atom. The van der Waals surface area contributed by atoms with Crippen molar-refractivity contribution in [3.8, 4) is 0 Å². The third-order valence-electron chi connectivity index (χ3n) is 4.84. The molecule has 1 aliphatic heterocycles. The van der Waals surface area contributed by atoms with Gasteiger partial charge in [-0.25, -0.2) is 13.4 Å². The Bertz CT molecular complexity index is 1160. The van der Waals surface area contributed by atoms with Gasteiger partial charge in [0.05, 0.1) is 11.4 Å². The number of amidine groups is 1. The van der Waals surface area contributed by atoms with E-state index in [0.29, 0.717) is 16.4 Å². The highest BCUT2D eigenvalue weighted by Gasteiger charge is 2.40. The number of sulfone groups is 1. The summed E-state index contributed by atoms with van der Waals surface area (Å²) < 4.78 is 23.6. The molecule has 1 aliphatic rings. The van der Waals surface area contributed by atoms with E-state index in [9.17, 15) is 13.5 Å². The second-order valence-corrected chi connectivity index (χ2v) is 9.43. The first-order chi connectivity index (χ1) is 13.8. The molecule has 0 saturated heterocycles. The van der Waals surface area contributed by atoms with E-state index < -0.39 is 15.6 Å². The number of hydrogen-bond acceptors (Lipinski definition) is 5. The summed E-state index contributed by atoms with van der Waals surface area (Å²) in [4.78, 5) is 6.77. The molecule has 0 radical (unpaired) electrons. The molecule has 1 heterocycles. The van der Waals surface area contributed by atoms with Crippen molar-refractivity contribution in [1.82, 2.24) is 0 Å². The molecule has 0 aliphatic carbocycles. The molecule has 0 spiro atoms. The highest BCUT2D eigenvalue weighted by molar-refractivity contribution is 7.90. The van der Waals surface area contributed by atoms with Crippen molar-refractivity contribution in [2.24, 2.45) is 4.99 Å². The number of nitrogens with zero attached hydrogens (tertiary/aromatic N) is 2. The van der Waals surface area contributed by atoms with Crippen LogP contribution in [0.5, 0.6) is 0 Å². The molecule has 29 heavy (non-hydrogen) atoms. The number of rotatable bonds is 4. The molecule has 4 rings (SSSR count). The fourth-order valence-corrected chi connectivity index (χ4v) is 4.09. The van der Waals surface area contributed by atoms with E-state index in [1.165, 1.54) is 6.26 Å². The molecule has 3 aromatic carbocycles. The van der Waals surface area contributed by atoms with Crippen LogP contribution in [0.15, 0.2) is 88.8 Å². The summed E-state index contributed by atoms with van der Waals surface area (Å²) in [5.74, 6) is 0.583. The van der Waals surface area contributed by atoms with Crippen LogP contribution in [0.3, 0.4) is 0 Å². The van der Waals surface area contributed by atoms with Crippen LogP contribution in [0.2, 0.25) is 5.02 Å². The van der Waals surface area contributed by atoms with Crippen molar-refractivity contribution in [3.63, 3.8) is 0 Å². The molecule has 0 saturated carbocycles. The van der Waals surface area contributed by atoms with Gasteiger partial charge >= 0.3 is 0 Å². The minimum Gasteiger partial charge on any atom is -0.364 e. The Morgan fingerprint density at radius 3 is 2.17 bits per heavy atom. The summed E-state index contributed by atoms with van der Waals surface area (Å²) in [6.07, 6.45) is 1.17. The average molecular weight is 427 g/mol. The van der Waals surface area contributed by atoms with Crippen molar-refractivity contribution >= 4 is 33.0 Å². The number of β-amino-alcohol motifs (C(OH)–C–C–N with tert-alkyl or cyclic N) is 1. The third-order valence-corrected chi connectivity index (χ3v) is 6.22. The largest absolute Gasteiger partial charge is 0.364 e. The van der Waals surface area contributed by atoms with Gasteiger partial charge in [0, 0.05) is 28.1 Å². The lowest BCUT2D eigenvalue weighted by atomic mass is 10.0. The maximum atomic E-state index is 11.8. The molecule has 1 atom stereocenters. The van der Waals surface area contributed by atoms with E-state index in [4.69, 9.17) is 11.6 Å². The molecule has 7 heteroatoms. The number of hydrogen-bond donors (Lipinski definition) is 1. The minimum atomic E-state index is -3.29.